The van der Waals surface area contributed by atoms with Crippen LogP contribution in [0.1, 0.15) is 5.56 Å². The van der Waals surface area contributed by atoms with Crippen molar-refractivity contribution in [2.45, 2.75) is 5.92 Å². The molecule has 0 aliphatic carbocycles. The van der Waals surface area contributed by atoms with Crippen LogP contribution in [0.5, 0.6) is 5.75 Å². The average molecular weight is 252 g/mol. The number of ether oxygens (including phenoxy) is 1. The van der Waals surface area contributed by atoms with Crippen LogP contribution in [0.4, 0.5) is 8.78 Å². The van der Waals surface area contributed by atoms with Gasteiger partial charge < -0.3 is 4.74 Å². The summed E-state index contributed by atoms with van der Waals surface area (Å²) in [7, 11) is 1.33. The Morgan fingerprint density at radius 3 is 2.40 bits per heavy atom. The zero-order valence-electron chi connectivity index (χ0n) is 7.52. The fourth-order valence-electron chi connectivity index (χ4n) is 0.992. The second-order valence-corrected chi connectivity index (χ2v) is 3.39. The number of halogens is 4. The fourth-order valence-corrected chi connectivity index (χ4v) is 1.51. The van der Waals surface area contributed by atoms with Crippen molar-refractivity contribution in [3.63, 3.8) is 0 Å². The molecule has 80 valence electrons. The molecule has 1 aromatic carbocycles. The van der Waals surface area contributed by atoms with E-state index in [1.54, 1.807) is 0 Å². The number of hydrogen-bond acceptors (Lipinski definition) is 2. The molecule has 1 aromatic rings. The summed E-state index contributed by atoms with van der Waals surface area (Å²) in [5.74, 6) is -3.48. The highest BCUT2D eigenvalue weighted by Crippen LogP contribution is 2.40. The maximum absolute atomic E-state index is 13.0. The molecule has 2 nitrogen and oxygen atoms in total. The Kier molecular flexibility index (Phi) is 3.38. The van der Waals surface area contributed by atoms with Crippen LogP contribution in [-0.4, -0.2) is 7.11 Å². The summed E-state index contributed by atoms with van der Waals surface area (Å²) < 4.78 is 30.8. The predicted octanol–water partition coefficient (Wildman–Crippen LogP) is 3.62. The van der Waals surface area contributed by atoms with Crippen LogP contribution < -0.4 is 4.74 Å². The molecule has 0 saturated carbocycles. The Morgan fingerprint density at radius 1 is 1.33 bits per heavy atom. The van der Waals surface area contributed by atoms with E-state index in [1.807, 2.05) is 0 Å². The van der Waals surface area contributed by atoms with E-state index in [-0.39, 0.29) is 15.8 Å². The molecule has 15 heavy (non-hydrogen) atoms. The Balaban J connectivity index is 3.38. The predicted molar refractivity (Wildman–Crippen MR) is 52.5 cm³/mol. The van der Waals surface area contributed by atoms with Gasteiger partial charge in [-0.15, -0.1) is 0 Å². The van der Waals surface area contributed by atoms with E-state index in [2.05, 4.69) is 0 Å². The molecule has 0 fully saturated rings. The van der Waals surface area contributed by atoms with Crippen LogP contribution in [0.3, 0.4) is 0 Å². The number of hydrogen-bond donors (Lipinski definition) is 0. The van der Waals surface area contributed by atoms with Gasteiger partial charge in [0.05, 0.1) is 17.7 Å². The van der Waals surface area contributed by atoms with E-state index in [4.69, 9.17) is 33.2 Å². The highest BCUT2D eigenvalue weighted by molar-refractivity contribution is 6.43. The highest BCUT2D eigenvalue weighted by Gasteiger charge is 2.35. The van der Waals surface area contributed by atoms with Crippen LogP contribution in [-0.2, 0) is 5.92 Å². The van der Waals surface area contributed by atoms with Crippen molar-refractivity contribution in [1.82, 2.24) is 0 Å². The summed E-state index contributed by atoms with van der Waals surface area (Å²) in [5, 5.41) is 7.75. The quantitative estimate of drug-likeness (QED) is 0.805. The molecule has 0 spiro atoms. The van der Waals surface area contributed by atoms with Crippen molar-refractivity contribution < 1.29 is 13.5 Å². The van der Waals surface area contributed by atoms with Crippen LogP contribution in [0, 0.1) is 11.3 Å². The highest BCUT2D eigenvalue weighted by atomic mass is 35.5. The van der Waals surface area contributed by atoms with Gasteiger partial charge in [-0.1, -0.05) is 23.2 Å². The van der Waals surface area contributed by atoms with Crippen molar-refractivity contribution in [3.8, 4) is 11.8 Å². The van der Waals surface area contributed by atoms with Gasteiger partial charge in [-0.25, -0.2) is 0 Å². The molecule has 0 N–H and O–H groups in total. The molecular formula is C9H5Cl2F2NO. The number of alkyl halides is 2. The first-order valence-corrected chi connectivity index (χ1v) is 4.51. The van der Waals surface area contributed by atoms with E-state index in [1.165, 1.54) is 13.2 Å². The van der Waals surface area contributed by atoms with Crippen molar-refractivity contribution in [2.24, 2.45) is 0 Å². The second kappa shape index (κ2) is 4.21. The number of benzene rings is 1. The van der Waals surface area contributed by atoms with Crippen LogP contribution in [0.15, 0.2) is 12.1 Å². The first kappa shape index (κ1) is 12.0. The molecule has 0 aliphatic rings. The smallest absolute Gasteiger partial charge is 0.358 e. The first-order chi connectivity index (χ1) is 6.94. The van der Waals surface area contributed by atoms with Crippen molar-refractivity contribution >= 4 is 23.2 Å². The van der Waals surface area contributed by atoms with Crippen LogP contribution in [0.25, 0.3) is 0 Å². The summed E-state index contributed by atoms with van der Waals surface area (Å²) in [6.07, 6.45) is 0. The minimum absolute atomic E-state index is 0.133. The van der Waals surface area contributed by atoms with E-state index in [0.29, 0.717) is 0 Å². The third-order valence-corrected chi connectivity index (χ3v) is 2.61. The first-order valence-electron chi connectivity index (χ1n) is 3.75. The third-order valence-electron chi connectivity index (χ3n) is 1.75. The monoisotopic (exact) mass is 251 g/mol. The lowest BCUT2D eigenvalue weighted by Crippen LogP contribution is -2.10. The van der Waals surface area contributed by atoms with Crippen LogP contribution >= 0.6 is 23.2 Å². The fraction of sp³-hybridized carbons (Fsp3) is 0.222. The molecule has 0 amide bonds. The van der Waals surface area contributed by atoms with E-state index in [0.717, 1.165) is 12.1 Å². The van der Waals surface area contributed by atoms with Crippen molar-refractivity contribution in [2.75, 3.05) is 7.11 Å². The van der Waals surface area contributed by atoms with Gasteiger partial charge in [0, 0.05) is 0 Å². The van der Waals surface area contributed by atoms with Crippen molar-refractivity contribution in [1.29, 1.82) is 5.26 Å². The molecule has 0 saturated heterocycles. The standard InChI is InChI=1S/C9H5Cl2F2NO/c1-15-6-3-2-5(7(10)8(6)11)9(12,13)4-14/h2-3H,1H3. The Hall–Kier alpha value is -1.05. The molecule has 0 aliphatic heterocycles. The van der Waals surface area contributed by atoms with Gasteiger partial charge in [-0.2, -0.15) is 14.0 Å². The van der Waals surface area contributed by atoms with Gasteiger partial charge in [0.25, 0.3) is 0 Å². The SMILES string of the molecule is COc1ccc(C(F)(F)C#N)c(Cl)c1Cl. The number of methoxy groups -OCH3 is 1. The molecule has 0 unspecified atom stereocenters. The Bertz CT molecular complexity index is 429. The summed E-state index contributed by atoms with van der Waals surface area (Å²) in [4.78, 5) is 0. The molecule has 0 atom stereocenters. The van der Waals surface area contributed by atoms with E-state index >= 15 is 0 Å². The topological polar surface area (TPSA) is 33.0 Å². The number of nitrogens with zero attached hydrogens (tertiary/aromatic N) is 1. The lowest BCUT2D eigenvalue weighted by atomic mass is 10.1. The second-order valence-electron chi connectivity index (χ2n) is 2.63. The minimum atomic E-state index is -3.66. The average Bonchev–Trinajstić information content (AvgIpc) is 2.21. The summed E-state index contributed by atoms with van der Waals surface area (Å²) in [5.41, 5.74) is -0.627. The van der Waals surface area contributed by atoms with Gasteiger partial charge in [0.1, 0.15) is 16.8 Å². The summed E-state index contributed by atoms with van der Waals surface area (Å²) in [6.45, 7) is 0. The maximum Gasteiger partial charge on any atom is 0.358 e. The lowest BCUT2D eigenvalue weighted by molar-refractivity contribution is 0.0614. The van der Waals surface area contributed by atoms with Gasteiger partial charge in [-0.3, -0.25) is 0 Å². The van der Waals surface area contributed by atoms with Crippen LogP contribution in [0.2, 0.25) is 10.0 Å². The lowest BCUT2D eigenvalue weighted by Gasteiger charge is -2.12. The summed E-state index contributed by atoms with van der Waals surface area (Å²) >= 11 is 11.3. The minimum Gasteiger partial charge on any atom is -0.495 e. The van der Waals surface area contributed by atoms with E-state index < -0.39 is 11.5 Å². The van der Waals surface area contributed by atoms with Crippen molar-refractivity contribution in [3.05, 3.63) is 27.7 Å². The molecule has 1 rings (SSSR count). The number of nitriles is 1. The Morgan fingerprint density at radius 2 is 1.93 bits per heavy atom. The Labute approximate surface area is 95.0 Å². The molecule has 0 heterocycles. The molecular weight excluding hydrogens is 247 g/mol. The zero-order valence-corrected chi connectivity index (χ0v) is 9.03. The molecule has 0 aromatic heterocycles. The maximum atomic E-state index is 13.0. The number of rotatable bonds is 2. The third kappa shape index (κ3) is 2.14. The van der Waals surface area contributed by atoms with Gasteiger partial charge >= 0.3 is 5.92 Å². The van der Waals surface area contributed by atoms with Gasteiger partial charge in [-0.05, 0) is 12.1 Å². The molecule has 0 radical (unpaired) electrons. The normalized spacial score (nSPS) is 10.9. The van der Waals surface area contributed by atoms with E-state index in [9.17, 15) is 8.78 Å². The summed E-state index contributed by atoms with van der Waals surface area (Å²) in [6, 6.07) is 3.09. The molecule has 0 bridgehead atoms. The molecule has 6 heteroatoms. The zero-order chi connectivity index (χ0) is 11.6. The van der Waals surface area contributed by atoms with Gasteiger partial charge in [0.2, 0.25) is 0 Å². The van der Waals surface area contributed by atoms with Gasteiger partial charge in [0.15, 0.2) is 0 Å². The largest absolute Gasteiger partial charge is 0.495 e.